The van der Waals surface area contributed by atoms with E-state index in [1.54, 1.807) is 0 Å². The zero-order valence-electron chi connectivity index (χ0n) is 11.0. The number of aliphatic carboxylic acids is 1. The van der Waals surface area contributed by atoms with Crippen LogP contribution in [0.3, 0.4) is 0 Å². The van der Waals surface area contributed by atoms with E-state index in [0.717, 1.165) is 24.3 Å². The fourth-order valence-corrected chi connectivity index (χ4v) is 1.89. The number of carbonyl (C=O) groups is 2. The maximum absolute atomic E-state index is 11.2. The number of nitrogens with two attached hydrogens (primary N) is 1. The standard InChI is InChI=1S/C12H24N2O3/c1-4-5-6-9(2)7-11(8-12(16)17)14(13)10(3)15/h9,11H,4-8,13H2,1-3H3,(H,16,17). The highest BCUT2D eigenvalue weighted by Gasteiger charge is 2.23. The molecule has 5 nitrogen and oxygen atoms in total. The Kier molecular flexibility index (Phi) is 7.54. The Hall–Kier alpha value is -1.10. The minimum absolute atomic E-state index is 0.0907. The van der Waals surface area contributed by atoms with Gasteiger partial charge in [-0.1, -0.05) is 33.1 Å². The highest BCUT2D eigenvalue weighted by atomic mass is 16.4. The highest BCUT2D eigenvalue weighted by Crippen LogP contribution is 2.18. The molecule has 0 rings (SSSR count). The first-order valence-electron chi connectivity index (χ1n) is 6.14. The molecule has 0 heterocycles. The largest absolute Gasteiger partial charge is 0.481 e. The van der Waals surface area contributed by atoms with Crippen LogP contribution in [-0.2, 0) is 9.59 Å². The van der Waals surface area contributed by atoms with E-state index in [9.17, 15) is 9.59 Å². The van der Waals surface area contributed by atoms with Gasteiger partial charge < -0.3 is 5.11 Å². The van der Waals surface area contributed by atoms with Gasteiger partial charge in [-0.3, -0.25) is 14.6 Å². The van der Waals surface area contributed by atoms with Crippen LogP contribution in [0.5, 0.6) is 0 Å². The fraction of sp³-hybridized carbons (Fsp3) is 0.833. The molecule has 17 heavy (non-hydrogen) atoms. The highest BCUT2D eigenvalue weighted by molar-refractivity contribution is 5.74. The predicted octanol–water partition coefficient (Wildman–Crippen LogP) is 1.77. The van der Waals surface area contributed by atoms with Gasteiger partial charge in [0.1, 0.15) is 0 Å². The SMILES string of the molecule is CCCCC(C)CC(CC(=O)O)N(N)C(C)=O. The van der Waals surface area contributed by atoms with Crippen LogP contribution in [0, 0.1) is 5.92 Å². The molecular formula is C12H24N2O3. The van der Waals surface area contributed by atoms with E-state index in [2.05, 4.69) is 13.8 Å². The van der Waals surface area contributed by atoms with Gasteiger partial charge in [0.2, 0.25) is 5.91 Å². The van der Waals surface area contributed by atoms with Crippen molar-refractivity contribution in [2.24, 2.45) is 11.8 Å². The molecule has 5 heteroatoms. The lowest BCUT2D eigenvalue weighted by atomic mass is 9.94. The quantitative estimate of drug-likeness (QED) is 0.387. The molecule has 0 saturated heterocycles. The minimum atomic E-state index is -0.922. The Labute approximate surface area is 103 Å². The maximum Gasteiger partial charge on any atom is 0.305 e. The molecule has 0 aliphatic carbocycles. The number of hydrogen-bond acceptors (Lipinski definition) is 3. The van der Waals surface area contributed by atoms with Crippen LogP contribution in [0.15, 0.2) is 0 Å². The molecule has 0 radical (unpaired) electrons. The Morgan fingerprint density at radius 3 is 2.41 bits per heavy atom. The van der Waals surface area contributed by atoms with Crippen LogP contribution in [0.25, 0.3) is 0 Å². The van der Waals surface area contributed by atoms with Crippen molar-refractivity contribution in [3.63, 3.8) is 0 Å². The van der Waals surface area contributed by atoms with Crippen LogP contribution >= 0.6 is 0 Å². The van der Waals surface area contributed by atoms with Crippen LogP contribution in [0.4, 0.5) is 0 Å². The molecule has 0 aliphatic rings. The van der Waals surface area contributed by atoms with Gasteiger partial charge in [-0.05, 0) is 12.3 Å². The molecule has 0 aromatic rings. The third-order valence-electron chi connectivity index (χ3n) is 2.89. The van der Waals surface area contributed by atoms with E-state index in [1.165, 1.54) is 6.92 Å². The molecule has 0 aromatic carbocycles. The lowest BCUT2D eigenvalue weighted by molar-refractivity contribution is -0.140. The molecule has 100 valence electrons. The van der Waals surface area contributed by atoms with E-state index < -0.39 is 12.0 Å². The van der Waals surface area contributed by atoms with Gasteiger partial charge in [0.25, 0.3) is 0 Å². The van der Waals surface area contributed by atoms with Crippen molar-refractivity contribution in [2.45, 2.75) is 58.9 Å². The summed E-state index contributed by atoms with van der Waals surface area (Å²) in [6.07, 6.45) is 3.83. The summed E-state index contributed by atoms with van der Waals surface area (Å²) in [5.74, 6) is 4.77. The first-order chi connectivity index (χ1) is 7.88. The molecule has 1 amide bonds. The van der Waals surface area contributed by atoms with Gasteiger partial charge in [0, 0.05) is 6.92 Å². The average Bonchev–Trinajstić information content (AvgIpc) is 2.23. The van der Waals surface area contributed by atoms with Crippen molar-refractivity contribution in [1.82, 2.24) is 5.01 Å². The molecule has 3 N–H and O–H groups in total. The van der Waals surface area contributed by atoms with Gasteiger partial charge in [-0.25, -0.2) is 5.84 Å². The van der Waals surface area contributed by atoms with Crippen LogP contribution in [0.2, 0.25) is 0 Å². The summed E-state index contributed by atoms with van der Waals surface area (Å²) in [5, 5.41) is 9.86. The zero-order valence-corrected chi connectivity index (χ0v) is 11.0. The van der Waals surface area contributed by atoms with Crippen molar-refractivity contribution in [1.29, 1.82) is 0 Å². The molecule has 2 atom stereocenters. The second kappa shape index (κ2) is 8.06. The molecule has 0 bridgehead atoms. The monoisotopic (exact) mass is 244 g/mol. The van der Waals surface area contributed by atoms with Gasteiger partial charge in [-0.2, -0.15) is 0 Å². The number of hydrazine groups is 1. The van der Waals surface area contributed by atoms with Crippen LogP contribution in [-0.4, -0.2) is 28.0 Å². The third kappa shape index (κ3) is 6.94. The minimum Gasteiger partial charge on any atom is -0.481 e. The zero-order chi connectivity index (χ0) is 13.4. The average molecular weight is 244 g/mol. The molecule has 0 spiro atoms. The van der Waals surface area contributed by atoms with Crippen molar-refractivity contribution in [2.75, 3.05) is 0 Å². The Balaban J connectivity index is 4.37. The molecule has 0 aliphatic heterocycles. The fourth-order valence-electron chi connectivity index (χ4n) is 1.89. The summed E-state index contributed by atoms with van der Waals surface area (Å²) >= 11 is 0. The number of amides is 1. The Morgan fingerprint density at radius 1 is 1.41 bits per heavy atom. The number of carboxylic acids is 1. The summed E-state index contributed by atoms with van der Waals surface area (Å²) in [7, 11) is 0. The second-order valence-corrected chi connectivity index (χ2v) is 4.66. The van der Waals surface area contributed by atoms with Crippen LogP contribution < -0.4 is 5.84 Å². The summed E-state index contributed by atoms with van der Waals surface area (Å²) in [6.45, 7) is 5.54. The lowest BCUT2D eigenvalue weighted by Crippen LogP contribution is -2.46. The number of carbonyl (C=O) groups excluding carboxylic acids is 1. The Bertz CT molecular complexity index is 256. The predicted molar refractivity (Wildman–Crippen MR) is 66.1 cm³/mol. The van der Waals surface area contributed by atoms with Crippen molar-refractivity contribution in [3.05, 3.63) is 0 Å². The summed E-state index contributed by atoms with van der Waals surface area (Å²) in [4.78, 5) is 21.9. The van der Waals surface area contributed by atoms with Crippen molar-refractivity contribution >= 4 is 11.9 Å². The lowest BCUT2D eigenvalue weighted by Gasteiger charge is -2.27. The molecular weight excluding hydrogens is 220 g/mol. The van der Waals surface area contributed by atoms with E-state index in [-0.39, 0.29) is 12.3 Å². The van der Waals surface area contributed by atoms with Gasteiger partial charge in [0.15, 0.2) is 0 Å². The number of carboxylic acid groups (broad SMARTS) is 1. The summed E-state index contributed by atoms with van der Waals surface area (Å²) in [5.41, 5.74) is 0. The molecule has 2 unspecified atom stereocenters. The van der Waals surface area contributed by atoms with Gasteiger partial charge >= 0.3 is 5.97 Å². The normalized spacial score (nSPS) is 14.1. The number of rotatable bonds is 8. The van der Waals surface area contributed by atoms with Gasteiger partial charge in [0.05, 0.1) is 12.5 Å². The molecule has 0 fully saturated rings. The van der Waals surface area contributed by atoms with Gasteiger partial charge in [-0.15, -0.1) is 0 Å². The Morgan fingerprint density at radius 2 is 2.00 bits per heavy atom. The summed E-state index contributed by atoms with van der Waals surface area (Å²) in [6, 6.07) is -0.406. The number of unbranched alkanes of at least 4 members (excludes halogenated alkanes) is 1. The summed E-state index contributed by atoms with van der Waals surface area (Å²) < 4.78 is 0. The smallest absolute Gasteiger partial charge is 0.305 e. The molecule has 0 aromatic heterocycles. The first-order valence-corrected chi connectivity index (χ1v) is 6.14. The number of nitrogens with zero attached hydrogens (tertiary/aromatic N) is 1. The van der Waals surface area contributed by atoms with Crippen molar-refractivity contribution < 1.29 is 14.7 Å². The first kappa shape index (κ1) is 15.9. The second-order valence-electron chi connectivity index (χ2n) is 4.66. The van der Waals surface area contributed by atoms with E-state index >= 15 is 0 Å². The van der Waals surface area contributed by atoms with Crippen LogP contribution in [0.1, 0.15) is 52.9 Å². The molecule has 0 saturated carbocycles. The van der Waals surface area contributed by atoms with E-state index in [1.807, 2.05) is 0 Å². The van der Waals surface area contributed by atoms with E-state index in [0.29, 0.717) is 12.3 Å². The van der Waals surface area contributed by atoms with Crippen molar-refractivity contribution in [3.8, 4) is 0 Å². The number of hydrogen-bond donors (Lipinski definition) is 2. The topological polar surface area (TPSA) is 83.6 Å². The van der Waals surface area contributed by atoms with E-state index in [4.69, 9.17) is 10.9 Å². The third-order valence-corrected chi connectivity index (χ3v) is 2.89. The maximum atomic E-state index is 11.2.